The summed E-state index contributed by atoms with van der Waals surface area (Å²) in [6.45, 7) is 12.7. The van der Waals surface area contributed by atoms with Gasteiger partial charge in [-0.3, -0.25) is 5.32 Å². The number of hydrogen-bond acceptors (Lipinski definition) is 4. The van der Waals surface area contributed by atoms with Crippen LogP contribution in [0.5, 0.6) is 0 Å². The summed E-state index contributed by atoms with van der Waals surface area (Å²) in [5.41, 5.74) is 0.633. The van der Waals surface area contributed by atoms with E-state index in [4.69, 9.17) is 9.47 Å². The predicted octanol–water partition coefficient (Wildman–Crippen LogP) is 6.11. The quantitative estimate of drug-likeness (QED) is 0.362. The molecule has 0 aromatic heterocycles. The molecule has 0 radical (unpaired) electrons. The van der Waals surface area contributed by atoms with Crippen molar-refractivity contribution in [1.82, 2.24) is 10.6 Å². The van der Waals surface area contributed by atoms with E-state index in [1.54, 1.807) is 0 Å². The van der Waals surface area contributed by atoms with Gasteiger partial charge in [0.2, 0.25) is 0 Å². The van der Waals surface area contributed by atoms with Gasteiger partial charge in [-0.15, -0.1) is 0 Å². The molecule has 0 saturated carbocycles. The topological polar surface area (TPSA) is 59.6 Å². The molecule has 1 aromatic carbocycles. The van der Waals surface area contributed by atoms with Crippen molar-refractivity contribution in [2.75, 3.05) is 6.54 Å². The Morgan fingerprint density at radius 1 is 1.23 bits per heavy atom. The van der Waals surface area contributed by atoms with Crippen LogP contribution in [-0.4, -0.2) is 41.8 Å². The third-order valence-electron chi connectivity index (χ3n) is 4.05. The number of ether oxygens (including phenoxy) is 2. The molecule has 1 aromatic rings. The Bertz CT molecular complexity index is 706. The van der Waals surface area contributed by atoms with Gasteiger partial charge in [0, 0.05) is 12.0 Å². The Morgan fingerprint density at radius 2 is 1.77 bits per heavy atom. The van der Waals surface area contributed by atoms with Crippen molar-refractivity contribution >= 4 is 71.3 Å². The maximum absolute atomic E-state index is 12.3. The SMILES string of the molecule is CC(C)(C)OC(=O)NC(Cc1ccccc1)C1CNC(C(C)(C)C)O1.[CH2]=[V]([I])([I])[I]. The second-order valence-electron chi connectivity index (χ2n) is 9.32. The van der Waals surface area contributed by atoms with Crippen LogP contribution in [0.15, 0.2) is 30.3 Å². The van der Waals surface area contributed by atoms with Crippen molar-refractivity contribution in [3.8, 4) is 0 Å². The van der Waals surface area contributed by atoms with Crippen molar-refractivity contribution < 1.29 is 17.6 Å². The van der Waals surface area contributed by atoms with E-state index < -0.39 is 15.0 Å². The summed E-state index contributed by atoms with van der Waals surface area (Å²) in [7, 11) is 0. The normalized spacial score (nSPS) is 20.7. The van der Waals surface area contributed by atoms with Gasteiger partial charge in [0.15, 0.2) is 0 Å². The molecule has 30 heavy (non-hydrogen) atoms. The van der Waals surface area contributed by atoms with Gasteiger partial charge >= 0.3 is 74.6 Å². The van der Waals surface area contributed by atoms with Crippen LogP contribution in [0.1, 0.15) is 47.1 Å². The molecule has 172 valence electrons. The van der Waals surface area contributed by atoms with Crippen molar-refractivity contribution in [3.63, 3.8) is 0 Å². The average Bonchev–Trinajstić information content (AvgIpc) is 3.02. The van der Waals surface area contributed by atoms with E-state index in [1.165, 1.54) is 0 Å². The van der Waals surface area contributed by atoms with Crippen LogP contribution in [0.25, 0.3) is 0 Å². The number of rotatable bonds is 4. The minimum absolute atomic E-state index is 0.00202. The second-order valence-corrected chi connectivity index (χ2v) is 54.2. The fraction of sp³-hybridized carbons (Fsp3) is 0.619. The number of nitrogens with one attached hydrogen (secondary N) is 2. The molecule has 3 unspecified atom stereocenters. The van der Waals surface area contributed by atoms with Gasteiger partial charge in [0.1, 0.15) is 11.8 Å². The molecule has 0 bridgehead atoms. The standard InChI is InChI=1S/C20H32N2O3.CH2.3HI.V/c1-19(2,3)17-21-13-16(24-17)15(12-14-10-8-7-9-11-14)22-18(23)25-20(4,5)6;;;;;/h7-11,15-17,21H,12-13H2,1-6H3,(H,22,23);1H2;3*1H;/q;;;;;+3/p-3. The molecule has 1 aliphatic heterocycles. The molecule has 1 fully saturated rings. The molecule has 5 nitrogen and oxygen atoms in total. The van der Waals surface area contributed by atoms with Crippen molar-refractivity contribution in [2.24, 2.45) is 5.41 Å². The molecule has 1 heterocycles. The average molecular weight is 794 g/mol. The maximum atomic E-state index is 12.3. The Kier molecular flexibility index (Phi) is 12.1. The number of halogens is 3. The van der Waals surface area contributed by atoms with Crippen molar-refractivity contribution in [2.45, 2.75) is 71.9 Å². The first kappa shape index (κ1) is 29.1. The third-order valence-corrected chi connectivity index (χ3v) is 4.05. The Morgan fingerprint density at radius 3 is 2.20 bits per heavy atom. The molecule has 0 spiro atoms. The molecular weight excluding hydrogens is 760 g/mol. The fourth-order valence-corrected chi connectivity index (χ4v) is 2.84. The third kappa shape index (κ3) is 13.6. The molecule has 3 atom stereocenters. The Balaban J connectivity index is 0.000000804. The summed E-state index contributed by atoms with van der Waals surface area (Å²) in [4.78, 5) is 12.3. The molecular formula is C21H34I3N2O3V. The van der Waals surface area contributed by atoms with Gasteiger partial charge in [-0.2, -0.15) is 0 Å². The summed E-state index contributed by atoms with van der Waals surface area (Å²) < 4.78 is 10.4. The first-order chi connectivity index (χ1) is 13.5. The van der Waals surface area contributed by atoms with Crippen LogP contribution in [0, 0.1) is 5.41 Å². The molecule has 1 amide bonds. The summed E-state index contributed by atoms with van der Waals surface area (Å²) in [6, 6.07) is 9.97. The van der Waals surface area contributed by atoms with Crippen LogP contribution in [0.3, 0.4) is 0 Å². The minimum atomic E-state index is -1.22. The van der Waals surface area contributed by atoms with Gasteiger partial charge in [0.05, 0.1) is 12.1 Å². The zero-order valence-electron chi connectivity index (χ0n) is 18.5. The zero-order chi connectivity index (χ0) is 23.2. The Hall–Kier alpha value is 1.05. The van der Waals surface area contributed by atoms with E-state index in [1.807, 2.05) is 39.0 Å². The van der Waals surface area contributed by atoms with Crippen LogP contribution in [0.4, 0.5) is 4.79 Å². The van der Waals surface area contributed by atoms with E-state index >= 15 is 0 Å². The van der Waals surface area contributed by atoms with Gasteiger partial charge < -0.3 is 14.8 Å². The molecule has 2 N–H and O–H groups in total. The van der Waals surface area contributed by atoms with Gasteiger partial charge in [0.25, 0.3) is 0 Å². The van der Waals surface area contributed by atoms with E-state index in [0.717, 1.165) is 5.56 Å². The first-order valence-electron chi connectivity index (χ1n) is 9.79. The summed E-state index contributed by atoms with van der Waals surface area (Å²) >= 11 is 7.23. The molecule has 2 rings (SSSR count). The predicted molar refractivity (Wildman–Crippen MR) is 149 cm³/mol. The van der Waals surface area contributed by atoms with Gasteiger partial charge in [-0.05, 0) is 32.8 Å². The van der Waals surface area contributed by atoms with Crippen LogP contribution in [-0.2, 0) is 19.2 Å². The Labute approximate surface area is 216 Å². The van der Waals surface area contributed by atoms with Crippen LogP contribution in [0.2, 0.25) is 0 Å². The zero-order valence-corrected chi connectivity index (χ0v) is 26.4. The van der Waals surface area contributed by atoms with Gasteiger partial charge in [-0.25, -0.2) is 4.79 Å². The van der Waals surface area contributed by atoms with E-state index in [0.29, 0.717) is 13.0 Å². The van der Waals surface area contributed by atoms with E-state index in [-0.39, 0.29) is 23.8 Å². The van der Waals surface area contributed by atoms with Crippen LogP contribution < -0.4 is 10.6 Å². The number of carbonyl (C=O) groups excluding carboxylic acids is 1. The summed E-state index contributed by atoms with van der Waals surface area (Å²) in [6.07, 6.45) is 0.160. The summed E-state index contributed by atoms with van der Waals surface area (Å²) in [5, 5.41) is 10.3. The number of amides is 1. The molecule has 1 saturated heterocycles. The first-order valence-corrected chi connectivity index (χ1v) is 24.3. The van der Waals surface area contributed by atoms with E-state index in [9.17, 15) is 4.79 Å². The van der Waals surface area contributed by atoms with Gasteiger partial charge in [-0.1, -0.05) is 51.1 Å². The molecule has 0 aliphatic carbocycles. The number of carbonyl (C=O) groups is 1. The number of hydrogen-bond donors (Lipinski definition) is 2. The van der Waals surface area contributed by atoms with Crippen molar-refractivity contribution in [3.05, 3.63) is 35.9 Å². The number of alkyl carbamates (subject to hydrolysis) is 1. The monoisotopic (exact) mass is 794 g/mol. The summed E-state index contributed by atoms with van der Waals surface area (Å²) in [5.74, 6) is 0. The van der Waals surface area contributed by atoms with E-state index in [2.05, 4.69) is 109 Å². The second kappa shape index (κ2) is 12.5. The van der Waals surface area contributed by atoms with Crippen molar-refractivity contribution in [1.29, 1.82) is 0 Å². The fourth-order valence-electron chi connectivity index (χ4n) is 2.84. The van der Waals surface area contributed by atoms with Crippen LogP contribution >= 0.6 is 59.9 Å². The molecule has 1 aliphatic rings. The number of benzene rings is 1. The molecule has 9 heteroatoms.